The second-order valence-corrected chi connectivity index (χ2v) is 5.87. The van der Waals surface area contributed by atoms with Crippen LogP contribution in [0.2, 0.25) is 0 Å². The lowest BCUT2D eigenvalue weighted by atomic mass is 10.1. The first-order chi connectivity index (χ1) is 12.1. The van der Waals surface area contributed by atoms with E-state index in [1.165, 1.54) is 11.1 Å². The van der Waals surface area contributed by atoms with Gasteiger partial charge in [-0.3, -0.25) is 4.99 Å². The van der Waals surface area contributed by atoms with Crippen LogP contribution < -0.4 is 14.8 Å². The van der Waals surface area contributed by atoms with Crippen molar-refractivity contribution in [2.24, 2.45) is 4.99 Å². The summed E-state index contributed by atoms with van der Waals surface area (Å²) in [5, 5.41) is 3.39. The summed E-state index contributed by atoms with van der Waals surface area (Å²) in [4.78, 5) is 6.49. The average molecular weight is 469 g/mol. The van der Waals surface area contributed by atoms with Crippen LogP contribution in [-0.2, 0) is 13.1 Å². The van der Waals surface area contributed by atoms with Gasteiger partial charge in [-0.15, -0.1) is 24.0 Å². The molecule has 26 heavy (non-hydrogen) atoms. The van der Waals surface area contributed by atoms with Gasteiger partial charge in [-0.05, 0) is 35.7 Å². The van der Waals surface area contributed by atoms with Gasteiger partial charge >= 0.3 is 0 Å². The Kier molecular flexibility index (Phi) is 9.26. The van der Waals surface area contributed by atoms with Crippen molar-refractivity contribution in [1.29, 1.82) is 0 Å². The van der Waals surface area contributed by atoms with Gasteiger partial charge in [0.15, 0.2) is 17.5 Å². The summed E-state index contributed by atoms with van der Waals surface area (Å²) in [6, 6.07) is 14.3. The molecular weight excluding hydrogens is 441 g/mol. The summed E-state index contributed by atoms with van der Waals surface area (Å²) in [5.41, 5.74) is 3.67. The highest BCUT2D eigenvalue weighted by Gasteiger charge is 2.09. The van der Waals surface area contributed by atoms with Gasteiger partial charge in [0.2, 0.25) is 0 Å². The molecule has 0 amide bonds. The van der Waals surface area contributed by atoms with E-state index in [9.17, 15) is 0 Å². The van der Waals surface area contributed by atoms with Gasteiger partial charge in [-0.1, -0.05) is 30.3 Å². The zero-order valence-corrected chi connectivity index (χ0v) is 18.4. The van der Waals surface area contributed by atoms with Crippen molar-refractivity contribution in [1.82, 2.24) is 10.2 Å². The summed E-state index contributed by atoms with van der Waals surface area (Å²) in [6.07, 6.45) is 0. The van der Waals surface area contributed by atoms with Crippen LogP contribution in [0.25, 0.3) is 0 Å². The monoisotopic (exact) mass is 469 g/mol. The average Bonchev–Trinajstić information content (AvgIpc) is 2.63. The number of aliphatic imine (C=N–C) groups is 1. The maximum absolute atomic E-state index is 5.36. The van der Waals surface area contributed by atoms with E-state index < -0.39 is 0 Å². The summed E-state index contributed by atoms with van der Waals surface area (Å²) in [7, 11) is 7.11. The number of ether oxygens (including phenoxy) is 2. The third kappa shape index (κ3) is 5.79. The first-order valence-electron chi connectivity index (χ1n) is 8.26. The maximum Gasteiger partial charge on any atom is 0.193 e. The van der Waals surface area contributed by atoms with Gasteiger partial charge in [0.25, 0.3) is 0 Å². The SMILES string of the molecule is CN=C(NCc1ccc(OC)c(OC)c1)N(C)Cc1ccccc1C.I. The Morgan fingerprint density at radius 1 is 1.08 bits per heavy atom. The number of nitrogens with one attached hydrogen (secondary N) is 1. The normalized spacial score (nSPS) is 10.7. The molecule has 0 aliphatic carbocycles. The van der Waals surface area contributed by atoms with Crippen molar-refractivity contribution in [3.63, 3.8) is 0 Å². The molecule has 2 rings (SSSR count). The van der Waals surface area contributed by atoms with Crippen LogP contribution in [0.15, 0.2) is 47.5 Å². The third-order valence-electron chi connectivity index (χ3n) is 4.14. The van der Waals surface area contributed by atoms with Gasteiger partial charge in [0, 0.05) is 27.2 Å². The molecule has 0 radical (unpaired) electrons. The lowest BCUT2D eigenvalue weighted by molar-refractivity contribution is 0.354. The van der Waals surface area contributed by atoms with E-state index in [0.717, 1.165) is 29.6 Å². The Bertz CT molecular complexity index is 735. The molecule has 0 fully saturated rings. The summed E-state index contributed by atoms with van der Waals surface area (Å²) >= 11 is 0. The molecule has 0 aliphatic rings. The molecule has 0 bridgehead atoms. The van der Waals surface area contributed by atoms with E-state index in [4.69, 9.17) is 9.47 Å². The number of rotatable bonds is 6. The first-order valence-corrected chi connectivity index (χ1v) is 8.26. The number of hydrogen-bond acceptors (Lipinski definition) is 3. The molecule has 2 aromatic carbocycles. The highest BCUT2D eigenvalue weighted by molar-refractivity contribution is 14.0. The lowest BCUT2D eigenvalue weighted by Gasteiger charge is -2.23. The van der Waals surface area contributed by atoms with Crippen molar-refractivity contribution in [3.05, 3.63) is 59.2 Å². The van der Waals surface area contributed by atoms with Crippen molar-refractivity contribution >= 4 is 29.9 Å². The molecule has 0 saturated carbocycles. The van der Waals surface area contributed by atoms with Gasteiger partial charge in [0.05, 0.1) is 14.2 Å². The Morgan fingerprint density at radius 3 is 2.38 bits per heavy atom. The molecule has 0 heterocycles. The fraction of sp³-hybridized carbons (Fsp3) is 0.350. The van der Waals surface area contributed by atoms with Crippen LogP contribution in [-0.4, -0.2) is 39.2 Å². The molecule has 142 valence electrons. The van der Waals surface area contributed by atoms with Crippen LogP contribution >= 0.6 is 24.0 Å². The highest BCUT2D eigenvalue weighted by Crippen LogP contribution is 2.27. The number of methoxy groups -OCH3 is 2. The van der Waals surface area contributed by atoms with E-state index in [1.807, 2.05) is 25.2 Å². The van der Waals surface area contributed by atoms with Crippen LogP contribution in [0, 0.1) is 6.92 Å². The molecule has 0 spiro atoms. The number of hydrogen-bond donors (Lipinski definition) is 1. The number of nitrogens with zero attached hydrogens (tertiary/aromatic N) is 2. The second-order valence-electron chi connectivity index (χ2n) is 5.87. The Hall–Kier alpha value is -1.96. The van der Waals surface area contributed by atoms with Gasteiger partial charge in [-0.25, -0.2) is 0 Å². The molecule has 0 aromatic heterocycles. The van der Waals surface area contributed by atoms with Crippen molar-refractivity contribution in [2.45, 2.75) is 20.0 Å². The highest BCUT2D eigenvalue weighted by atomic mass is 127. The zero-order valence-electron chi connectivity index (χ0n) is 16.1. The van der Waals surface area contributed by atoms with E-state index in [0.29, 0.717) is 6.54 Å². The topological polar surface area (TPSA) is 46.1 Å². The zero-order chi connectivity index (χ0) is 18.2. The van der Waals surface area contributed by atoms with Crippen molar-refractivity contribution in [2.75, 3.05) is 28.3 Å². The minimum atomic E-state index is 0. The van der Waals surface area contributed by atoms with E-state index in [1.54, 1.807) is 21.3 Å². The largest absolute Gasteiger partial charge is 0.493 e. The van der Waals surface area contributed by atoms with Gasteiger partial charge in [-0.2, -0.15) is 0 Å². The summed E-state index contributed by atoms with van der Waals surface area (Å²) in [6.45, 7) is 3.59. The molecule has 5 nitrogen and oxygen atoms in total. The maximum atomic E-state index is 5.36. The molecule has 0 atom stereocenters. The molecule has 2 aromatic rings. The summed E-state index contributed by atoms with van der Waals surface area (Å²) in [5.74, 6) is 2.30. The van der Waals surface area contributed by atoms with Crippen LogP contribution in [0.5, 0.6) is 11.5 Å². The molecule has 0 aliphatic heterocycles. The third-order valence-corrected chi connectivity index (χ3v) is 4.14. The number of guanidine groups is 1. The minimum absolute atomic E-state index is 0. The minimum Gasteiger partial charge on any atom is -0.493 e. The van der Waals surface area contributed by atoms with Crippen LogP contribution in [0.4, 0.5) is 0 Å². The molecular formula is C20H28IN3O2. The Morgan fingerprint density at radius 2 is 1.77 bits per heavy atom. The lowest BCUT2D eigenvalue weighted by Crippen LogP contribution is -2.38. The van der Waals surface area contributed by atoms with E-state index >= 15 is 0 Å². The van der Waals surface area contributed by atoms with Gasteiger partial charge in [0.1, 0.15) is 0 Å². The van der Waals surface area contributed by atoms with Crippen molar-refractivity contribution in [3.8, 4) is 11.5 Å². The fourth-order valence-electron chi connectivity index (χ4n) is 2.67. The summed E-state index contributed by atoms with van der Waals surface area (Å²) < 4.78 is 10.6. The number of aryl methyl sites for hydroxylation is 1. The first kappa shape index (κ1) is 22.1. The molecule has 0 unspecified atom stereocenters. The van der Waals surface area contributed by atoms with E-state index in [-0.39, 0.29) is 24.0 Å². The van der Waals surface area contributed by atoms with E-state index in [2.05, 4.69) is 46.4 Å². The molecule has 0 saturated heterocycles. The predicted molar refractivity (Wildman–Crippen MR) is 118 cm³/mol. The van der Waals surface area contributed by atoms with Crippen LogP contribution in [0.3, 0.4) is 0 Å². The number of benzene rings is 2. The second kappa shape index (κ2) is 10.9. The predicted octanol–water partition coefficient (Wildman–Crippen LogP) is 3.84. The molecule has 1 N–H and O–H groups in total. The smallest absolute Gasteiger partial charge is 0.193 e. The molecule has 6 heteroatoms. The fourth-order valence-corrected chi connectivity index (χ4v) is 2.67. The number of halogens is 1. The quantitative estimate of drug-likeness (QED) is 0.397. The van der Waals surface area contributed by atoms with Crippen molar-refractivity contribution < 1.29 is 9.47 Å². The Labute approximate surface area is 173 Å². The van der Waals surface area contributed by atoms with Gasteiger partial charge < -0.3 is 19.7 Å². The Balaban J connectivity index is 0.00000338. The van der Waals surface area contributed by atoms with Crippen LogP contribution in [0.1, 0.15) is 16.7 Å². The standard InChI is InChI=1S/C20H27N3O2.HI/c1-15-8-6-7-9-17(15)14-23(3)20(21-2)22-13-16-10-11-18(24-4)19(12-16)25-5;/h6-12H,13-14H2,1-5H3,(H,21,22);1H.